The first-order valence-electron chi connectivity index (χ1n) is 7.30. The normalized spacial score (nSPS) is 19.8. The van der Waals surface area contributed by atoms with E-state index >= 15 is 0 Å². The molecule has 114 valence electrons. The van der Waals surface area contributed by atoms with Crippen LogP contribution in [-0.4, -0.2) is 5.11 Å². The molecule has 1 aliphatic rings. The molecule has 4 rings (SSSR count). The average molecular weight is 322 g/mol. The lowest BCUT2D eigenvalue weighted by molar-refractivity contribution is 0.474. The molecule has 0 aliphatic carbocycles. The van der Waals surface area contributed by atoms with Crippen molar-refractivity contribution in [2.75, 3.05) is 5.32 Å². The van der Waals surface area contributed by atoms with Crippen LogP contribution in [0, 0.1) is 0 Å². The number of para-hydroxylation sites is 1. The van der Waals surface area contributed by atoms with E-state index in [-0.39, 0.29) is 5.63 Å². The highest BCUT2D eigenvalue weighted by Crippen LogP contribution is 2.38. The summed E-state index contributed by atoms with van der Waals surface area (Å²) >= 11 is 5.38. The van der Waals surface area contributed by atoms with Crippen LogP contribution in [0.4, 0.5) is 5.69 Å². The lowest BCUT2D eigenvalue weighted by Crippen LogP contribution is -2.52. The number of fused-ring (bicyclic) bond motifs is 3. The van der Waals surface area contributed by atoms with Gasteiger partial charge < -0.3 is 15.1 Å². The quantitative estimate of drug-likeness (QED) is 0.531. The molecule has 4 nitrogen and oxygen atoms in total. The molecule has 2 heterocycles. The van der Waals surface area contributed by atoms with E-state index in [9.17, 15) is 4.79 Å². The van der Waals surface area contributed by atoms with Crippen LogP contribution in [0.2, 0.25) is 0 Å². The summed E-state index contributed by atoms with van der Waals surface area (Å²) < 4.78 is 5.53. The monoisotopic (exact) mass is 322 g/mol. The highest BCUT2D eigenvalue weighted by atomic mass is 32.1. The summed E-state index contributed by atoms with van der Waals surface area (Å²) in [5.74, 6) is 0. The van der Waals surface area contributed by atoms with E-state index in [4.69, 9.17) is 16.6 Å². The van der Waals surface area contributed by atoms with Gasteiger partial charge in [0, 0.05) is 5.39 Å². The Labute approximate surface area is 138 Å². The third-order valence-electron chi connectivity index (χ3n) is 4.27. The number of benzene rings is 2. The average Bonchev–Trinajstić information content (AvgIpc) is 2.55. The molecule has 1 unspecified atom stereocenters. The molecule has 0 bridgehead atoms. The topological polar surface area (TPSA) is 54.3 Å². The van der Waals surface area contributed by atoms with Gasteiger partial charge in [0.1, 0.15) is 5.58 Å². The number of hydrogen-bond acceptors (Lipinski definition) is 3. The predicted molar refractivity (Wildman–Crippen MR) is 94.7 cm³/mol. The van der Waals surface area contributed by atoms with E-state index in [1.807, 2.05) is 55.5 Å². The Bertz CT molecular complexity index is 981. The van der Waals surface area contributed by atoms with Gasteiger partial charge in [-0.3, -0.25) is 0 Å². The maximum absolute atomic E-state index is 12.7. The van der Waals surface area contributed by atoms with Gasteiger partial charge in [-0.1, -0.05) is 42.5 Å². The van der Waals surface area contributed by atoms with Gasteiger partial charge >= 0.3 is 5.63 Å². The van der Waals surface area contributed by atoms with Crippen molar-refractivity contribution in [1.29, 1.82) is 0 Å². The van der Waals surface area contributed by atoms with Gasteiger partial charge in [0.25, 0.3) is 0 Å². The maximum Gasteiger partial charge on any atom is 0.344 e. The smallest absolute Gasteiger partial charge is 0.344 e. The molecule has 2 N–H and O–H groups in total. The van der Waals surface area contributed by atoms with Gasteiger partial charge in [-0.15, -0.1) is 0 Å². The Morgan fingerprint density at radius 1 is 1.04 bits per heavy atom. The highest BCUT2D eigenvalue weighted by molar-refractivity contribution is 7.80. The zero-order valence-corrected chi connectivity index (χ0v) is 13.2. The second-order valence-corrected chi connectivity index (χ2v) is 6.11. The summed E-state index contributed by atoms with van der Waals surface area (Å²) in [5.41, 5.74) is 1.64. The molecule has 0 amide bonds. The van der Waals surface area contributed by atoms with E-state index in [2.05, 4.69) is 10.6 Å². The molecule has 0 saturated heterocycles. The fourth-order valence-corrected chi connectivity index (χ4v) is 3.46. The van der Waals surface area contributed by atoms with Gasteiger partial charge in [0.05, 0.1) is 16.8 Å². The molecule has 0 fully saturated rings. The summed E-state index contributed by atoms with van der Waals surface area (Å²) in [5, 5.41) is 7.69. The Morgan fingerprint density at radius 2 is 1.74 bits per heavy atom. The molecular weight excluding hydrogens is 308 g/mol. The lowest BCUT2D eigenvalue weighted by atomic mass is 9.83. The van der Waals surface area contributed by atoms with Gasteiger partial charge in [-0.25, -0.2) is 4.79 Å². The Morgan fingerprint density at radius 3 is 2.52 bits per heavy atom. The first-order chi connectivity index (χ1) is 11.1. The summed E-state index contributed by atoms with van der Waals surface area (Å²) in [6.45, 7) is 1.94. The molecule has 23 heavy (non-hydrogen) atoms. The van der Waals surface area contributed by atoms with Gasteiger partial charge in [0.2, 0.25) is 0 Å². The van der Waals surface area contributed by atoms with Gasteiger partial charge in [0.15, 0.2) is 5.11 Å². The standard InChI is InChI=1S/C18H14N2O2S/c1-18(11-7-3-2-4-8-11)14-15(19-17(23)20-18)12-9-5-6-10-13(12)22-16(14)21/h2-10H,1H3,(H2,19,20,23). The van der Waals surface area contributed by atoms with E-state index < -0.39 is 5.54 Å². The van der Waals surface area contributed by atoms with E-state index in [0.717, 1.165) is 10.9 Å². The Kier molecular flexibility index (Phi) is 2.99. The zero-order chi connectivity index (χ0) is 16.0. The molecule has 0 saturated carbocycles. The second-order valence-electron chi connectivity index (χ2n) is 5.71. The molecule has 3 aromatic rings. The van der Waals surface area contributed by atoms with Crippen LogP contribution in [0.15, 0.2) is 63.8 Å². The van der Waals surface area contributed by atoms with Crippen molar-refractivity contribution in [1.82, 2.24) is 5.32 Å². The Hall–Kier alpha value is -2.66. The lowest BCUT2D eigenvalue weighted by Gasteiger charge is -2.38. The molecule has 1 aliphatic heterocycles. The summed E-state index contributed by atoms with van der Waals surface area (Å²) in [4.78, 5) is 12.7. The summed E-state index contributed by atoms with van der Waals surface area (Å²) in [7, 11) is 0. The number of thiocarbonyl (C=S) groups is 1. The third kappa shape index (κ3) is 2.04. The number of anilines is 1. The SMILES string of the molecule is CC1(c2ccccc2)NC(=S)Nc2c1c(=O)oc1ccccc21. The number of hydrogen-bond donors (Lipinski definition) is 2. The number of rotatable bonds is 1. The van der Waals surface area contributed by atoms with E-state index in [0.29, 0.717) is 21.9 Å². The van der Waals surface area contributed by atoms with Crippen LogP contribution in [0.5, 0.6) is 0 Å². The Balaban J connectivity index is 2.11. The molecule has 0 radical (unpaired) electrons. The van der Waals surface area contributed by atoms with Crippen LogP contribution in [0.25, 0.3) is 11.0 Å². The van der Waals surface area contributed by atoms with Crippen molar-refractivity contribution in [3.63, 3.8) is 0 Å². The van der Waals surface area contributed by atoms with Crippen molar-refractivity contribution < 1.29 is 4.42 Å². The minimum atomic E-state index is -0.746. The summed E-state index contributed by atoms with van der Waals surface area (Å²) in [6.07, 6.45) is 0. The molecule has 1 aromatic heterocycles. The van der Waals surface area contributed by atoms with Gasteiger partial charge in [-0.2, -0.15) is 0 Å². The van der Waals surface area contributed by atoms with Crippen molar-refractivity contribution in [3.05, 3.63) is 76.1 Å². The van der Waals surface area contributed by atoms with E-state index in [1.165, 1.54) is 0 Å². The highest BCUT2D eigenvalue weighted by Gasteiger charge is 2.39. The second kappa shape index (κ2) is 4.93. The van der Waals surface area contributed by atoms with Crippen molar-refractivity contribution in [3.8, 4) is 0 Å². The largest absolute Gasteiger partial charge is 0.422 e. The van der Waals surface area contributed by atoms with Crippen molar-refractivity contribution in [2.45, 2.75) is 12.5 Å². The molecule has 0 spiro atoms. The first-order valence-corrected chi connectivity index (χ1v) is 7.71. The molecular formula is C18H14N2O2S. The van der Waals surface area contributed by atoms with Crippen LogP contribution < -0.4 is 16.3 Å². The minimum Gasteiger partial charge on any atom is -0.422 e. The van der Waals surface area contributed by atoms with Crippen molar-refractivity contribution >= 4 is 34.0 Å². The van der Waals surface area contributed by atoms with Crippen LogP contribution in [0.1, 0.15) is 18.1 Å². The fourth-order valence-electron chi connectivity index (χ4n) is 3.16. The summed E-state index contributed by atoms with van der Waals surface area (Å²) in [6, 6.07) is 17.2. The first kappa shape index (κ1) is 14.0. The van der Waals surface area contributed by atoms with Crippen LogP contribution in [0.3, 0.4) is 0 Å². The fraction of sp³-hybridized carbons (Fsp3) is 0.111. The molecule has 5 heteroatoms. The predicted octanol–water partition coefficient (Wildman–Crippen LogP) is 3.36. The third-order valence-corrected chi connectivity index (χ3v) is 4.47. The van der Waals surface area contributed by atoms with Crippen LogP contribution in [-0.2, 0) is 5.54 Å². The van der Waals surface area contributed by atoms with Gasteiger partial charge in [-0.05, 0) is 36.8 Å². The minimum absolute atomic E-state index is 0.368. The zero-order valence-electron chi connectivity index (χ0n) is 12.4. The number of nitrogens with one attached hydrogen (secondary N) is 2. The molecule has 2 aromatic carbocycles. The molecule has 1 atom stereocenters. The maximum atomic E-state index is 12.7. The van der Waals surface area contributed by atoms with E-state index in [1.54, 1.807) is 6.07 Å². The van der Waals surface area contributed by atoms with Crippen LogP contribution >= 0.6 is 12.2 Å². The van der Waals surface area contributed by atoms with Crippen molar-refractivity contribution in [2.24, 2.45) is 0 Å².